The summed E-state index contributed by atoms with van der Waals surface area (Å²) in [5.74, 6) is 5.71. The number of unbranched alkanes of at least 4 members (excludes halogenated alkanes) is 3. The number of hydrogen-bond acceptors (Lipinski definition) is 4. The number of rotatable bonds is 4. The van der Waals surface area contributed by atoms with Crippen molar-refractivity contribution in [1.29, 1.82) is 0 Å². The number of esters is 1. The first-order chi connectivity index (χ1) is 8.19. The Labute approximate surface area is 106 Å². The van der Waals surface area contributed by atoms with Crippen LogP contribution in [0.3, 0.4) is 0 Å². The first-order valence-electron chi connectivity index (χ1n) is 5.65. The summed E-state index contributed by atoms with van der Waals surface area (Å²) >= 11 is 1.33. The minimum absolute atomic E-state index is 0.405. The van der Waals surface area contributed by atoms with Crippen LogP contribution in [0, 0.1) is 11.8 Å². The van der Waals surface area contributed by atoms with Crippen molar-refractivity contribution in [3.63, 3.8) is 0 Å². The average molecular weight is 251 g/mol. The van der Waals surface area contributed by atoms with E-state index in [1.807, 2.05) is 0 Å². The number of anilines is 1. The van der Waals surface area contributed by atoms with Gasteiger partial charge in [-0.3, -0.25) is 0 Å². The van der Waals surface area contributed by atoms with E-state index in [-0.39, 0.29) is 0 Å². The first kappa shape index (κ1) is 13.6. The second-order valence-corrected chi connectivity index (χ2v) is 4.72. The zero-order valence-electron chi connectivity index (χ0n) is 10.2. The fourth-order valence-electron chi connectivity index (χ4n) is 1.35. The van der Waals surface area contributed by atoms with Crippen LogP contribution in [0.25, 0.3) is 0 Å². The van der Waals surface area contributed by atoms with Gasteiger partial charge in [-0.1, -0.05) is 31.6 Å². The summed E-state index contributed by atoms with van der Waals surface area (Å²) in [7, 11) is 1.34. The number of carbonyl (C=O) groups is 1. The third-order valence-electron chi connectivity index (χ3n) is 2.28. The topological polar surface area (TPSA) is 52.3 Å². The smallest absolute Gasteiger partial charge is 0.340 e. The van der Waals surface area contributed by atoms with E-state index in [1.54, 1.807) is 6.07 Å². The second-order valence-electron chi connectivity index (χ2n) is 3.64. The zero-order valence-corrected chi connectivity index (χ0v) is 11.0. The maximum Gasteiger partial charge on any atom is 0.340 e. The van der Waals surface area contributed by atoms with Crippen LogP contribution in [0.15, 0.2) is 6.07 Å². The Hall–Kier alpha value is -1.47. The van der Waals surface area contributed by atoms with Crippen LogP contribution in [0.2, 0.25) is 0 Å². The minimum Gasteiger partial charge on any atom is -0.465 e. The number of thiophene rings is 1. The molecule has 17 heavy (non-hydrogen) atoms. The zero-order chi connectivity index (χ0) is 12.7. The summed E-state index contributed by atoms with van der Waals surface area (Å²) in [6.45, 7) is 2.16. The summed E-state index contributed by atoms with van der Waals surface area (Å²) in [5.41, 5.74) is 6.13. The SMILES string of the molecule is CCCCCC#Cc1cc(C(=O)OC)c(N)s1. The van der Waals surface area contributed by atoms with Gasteiger partial charge in [-0.2, -0.15) is 0 Å². The molecule has 0 saturated heterocycles. The molecule has 0 bridgehead atoms. The molecule has 0 aromatic carbocycles. The molecular formula is C13H17NO2S. The Balaban J connectivity index is 2.64. The van der Waals surface area contributed by atoms with E-state index in [4.69, 9.17) is 5.73 Å². The highest BCUT2D eigenvalue weighted by Crippen LogP contribution is 2.24. The normalized spacial score (nSPS) is 9.53. The van der Waals surface area contributed by atoms with E-state index in [1.165, 1.54) is 31.3 Å². The van der Waals surface area contributed by atoms with Gasteiger partial charge in [-0.15, -0.1) is 11.3 Å². The van der Waals surface area contributed by atoms with E-state index in [0.717, 1.165) is 17.7 Å². The van der Waals surface area contributed by atoms with Gasteiger partial charge >= 0.3 is 5.97 Å². The molecule has 1 rings (SSSR count). The number of carbonyl (C=O) groups excluding carboxylic acids is 1. The molecule has 0 unspecified atom stereocenters. The minimum atomic E-state index is -0.405. The van der Waals surface area contributed by atoms with Gasteiger partial charge in [0, 0.05) is 6.42 Å². The molecule has 1 aromatic rings. The van der Waals surface area contributed by atoms with Gasteiger partial charge in [0.15, 0.2) is 0 Å². The molecule has 1 aromatic heterocycles. The summed E-state index contributed by atoms with van der Waals surface area (Å²) in [4.78, 5) is 12.1. The van der Waals surface area contributed by atoms with E-state index in [9.17, 15) is 4.79 Å². The largest absolute Gasteiger partial charge is 0.465 e. The molecule has 0 spiro atoms. The van der Waals surface area contributed by atoms with Crippen LogP contribution < -0.4 is 5.73 Å². The monoisotopic (exact) mass is 251 g/mol. The molecule has 1 heterocycles. The van der Waals surface area contributed by atoms with Crippen LogP contribution in [-0.2, 0) is 4.74 Å². The highest BCUT2D eigenvalue weighted by molar-refractivity contribution is 7.16. The van der Waals surface area contributed by atoms with E-state index < -0.39 is 5.97 Å². The molecule has 4 heteroatoms. The van der Waals surface area contributed by atoms with Crippen LogP contribution in [0.4, 0.5) is 5.00 Å². The molecule has 0 aliphatic carbocycles. The van der Waals surface area contributed by atoms with Crippen molar-refractivity contribution in [3.8, 4) is 11.8 Å². The number of nitrogen functional groups attached to an aromatic ring is 1. The molecule has 0 atom stereocenters. The van der Waals surface area contributed by atoms with Crippen molar-refractivity contribution >= 4 is 22.3 Å². The molecule has 0 amide bonds. The average Bonchev–Trinajstić information content (AvgIpc) is 2.69. The van der Waals surface area contributed by atoms with Crippen molar-refractivity contribution in [1.82, 2.24) is 0 Å². The molecule has 2 N–H and O–H groups in total. The Morgan fingerprint density at radius 3 is 2.94 bits per heavy atom. The van der Waals surface area contributed by atoms with Crippen molar-refractivity contribution < 1.29 is 9.53 Å². The third-order valence-corrected chi connectivity index (χ3v) is 3.16. The molecule has 0 aliphatic heterocycles. The fourth-order valence-corrected chi connectivity index (χ4v) is 2.14. The van der Waals surface area contributed by atoms with Gasteiger partial charge in [0.25, 0.3) is 0 Å². The number of hydrogen-bond donors (Lipinski definition) is 1. The standard InChI is InChI=1S/C13H17NO2S/c1-3-4-5-6-7-8-10-9-11(12(14)17-10)13(15)16-2/h9H,3-6,14H2,1-2H3. The lowest BCUT2D eigenvalue weighted by Gasteiger charge is -1.94. The number of nitrogens with two attached hydrogens (primary N) is 1. The van der Waals surface area contributed by atoms with Crippen molar-refractivity contribution in [2.45, 2.75) is 32.6 Å². The summed E-state index contributed by atoms with van der Waals surface area (Å²) < 4.78 is 4.63. The lowest BCUT2D eigenvalue weighted by atomic mass is 10.2. The van der Waals surface area contributed by atoms with Gasteiger partial charge in [-0.05, 0) is 12.5 Å². The number of ether oxygens (including phenoxy) is 1. The predicted octanol–water partition coefficient (Wildman–Crippen LogP) is 3.05. The Bertz CT molecular complexity index is 440. The van der Waals surface area contributed by atoms with Crippen molar-refractivity contribution in [2.75, 3.05) is 12.8 Å². The number of methoxy groups -OCH3 is 1. The molecule has 0 fully saturated rings. The van der Waals surface area contributed by atoms with Gasteiger partial charge in [0.05, 0.1) is 17.6 Å². The lowest BCUT2D eigenvalue weighted by molar-refractivity contribution is 0.0602. The summed E-state index contributed by atoms with van der Waals surface area (Å²) in [6, 6.07) is 1.69. The maximum atomic E-state index is 11.3. The second kappa shape index (κ2) is 6.97. The van der Waals surface area contributed by atoms with Gasteiger partial charge < -0.3 is 10.5 Å². The molecular weight excluding hydrogens is 234 g/mol. The van der Waals surface area contributed by atoms with E-state index in [0.29, 0.717) is 10.6 Å². The van der Waals surface area contributed by atoms with Gasteiger partial charge in [0.1, 0.15) is 5.00 Å². The first-order valence-corrected chi connectivity index (χ1v) is 6.47. The summed E-state index contributed by atoms with van der Waals surface area (Å²) in [6.07, 6.45) is 4.40. The van der Waals surface area contributed by atoms with Crippen molar-refractivity contribution in [3.05, 3.63) is 16.5 Å². The quantitative estimate of drug-likeness (QED) is 0.508. The van der Waals surface area contributed by atoms with Crippen LogP contribution in [0.5, 0.6) is 0 Å². The Morgan fingerprint density at radius 2 is 2.29 bits per heavy atom. The lowest BCUT2D eigenvalue weighted by Crippen LogP contribution is -2.01. The van der Waals surface area contributed by atoms with E-state index in [2.05, 4.69) is 23.5 Å². The van der Waals surface area contributed by atoms with Crippen LogP contribution in [-0.4, -0.2) is 13.1 Å². The van der Waals surface area contributed by atoms with Crippen LogP contribution in [0.1, 0.15) is 47.8 Å². The molecule has 0 saturated carbocycles. The highest BCUT2D eigenvalue weighted by Gasteiger charge is 2.13. The highest BCUT2D eigenvalue weighted by atomic mass is 32.1. The van der Waals surface area contributed by atoms with Crippen LogP contribution >= 0.6 is 11.3 Å². The maximum absolute atomic E-state index is 11.3. The molecule has 0 aliphatic rings. The van der Waals surface area contributed by atoms with Crippen molar-refractivity contribution in [2.24, 2.45) is 0 Å². The molecule has 0 radical (unpaired) electrons. The fraction of sp³-hybridized carbons (Fsp3) is 0.462. The van der Waals surface area contributed by atoms with Gasteiger partial charge in [0.2, 0.25) is 0 Å². The molecule has 92 valence electrons. The Morgan fingerprint density at radius 1 is 1.53 bits per heavy atom. The Kier molecular flexibility index (Phi) is 5.58. The third kappa shape index (κ3) is 4.12. The molecule has 3 nitrogen and oxygen atoms in total. The van der Waals surface area contributed by atoms with E-state index >= 15 is 0 Å². The van der Waals surface area contributed by atoms with Gasteiger partial charge in [-0.25, -0.2) is 4.79 Å². The predicted molar refractivity (Wildman–Crippen MR) is 71.1 cm³/mol. The summed E-state index contributed by atoms with van der Waals surface area (Å²) in [5, 5.41) is 0.467.